The van der Waals surface area contributed by atoms with Crippen LogP contribution in [0.25, 0.3) is 5.65 Å². The highest BCUT2D eigenvalue weighted by Gasteiger charge is 2.16. The van der Waals surface area contributed by atoms with Crippen LogP contribution in [0.4, 0.5) is 11.5 Å². The summed E-state index contributed by atoms with van der Waals surface area (Å²) in [6.07, 6.45) is 2.06. The molecule has 2 aromatic heterocycles. The summed E-state index contributed by atoms with van der Waals surface area (Å²) in [4.78, 5) is 4.81. The lowest BCUT2D eigenvalue weighted by molar-refractivity contribution is 0.837. The van der Waals surface area contributed by atoms with Crippen molar-refractivity contribution in [3.8, 4) is 0 Å². The summed E-state index contributed by atoms with van der Waals surface area (Å²) in [6.45, 7) is 6.44. The van der Waals surface area contributed by atoms with Crippen LogP contribution in [-0.4, -0.2) is 9.38 Å². The topological polar surface area (TPSA) is 29.3 Å². The van der Waals surface area contributed by atoms with Gasteiger partial charge in [-0.3, -0.25) is 4.40 Å². The first-order valence-corrected chi connectivity index (χ1v) is 6.96. The van der Waals surface area contributed by atoms with Crippen molar-refractivity contribution < 1.29 is 0 Å². The van der Waals surface area contributed by atoms with Gasteiger partial charge in [0.15, 0.2) is 0 Å². The van der Waals surface area contributed by atoms with Crippen molar-refractivity contribution in [3.63, 3.8) is 0 Å². The quantitative estimate of drug-likeness (QED) is 0.755. The molecule has 3 rings (SSSR count). The molecule has 102 valence electrons. The van der Waals surface area contributed by atoms with Crippen molar-refractivity contribution in [2.24, 2.45) is 0 Å². The number of aromatic nitrogens is 2. The Morgan fingerprint density at radius 2 is 1.80 bits per heavy atom. The highest BCUT2D eigenvalue weighted by atomic mass is 15.1. The third kappa shape index (κ3) is 2.16. The van der Waals surface area contributed by atoms with Crippen molar-refractivity contribution >= 4 is 17.2 Å². The van der Waals surface area contributed by atoms with Crippen molar-refractivity contribution in [2.75, 3.05) is 5.32 Å². The van der Waals surface area contributed by atoms with E-state index in [1.807, 2.05) is 18.2 Å². The van der Waals surface area contributed by atoms with Gasteiger partial charge in [-0.15, -0.1) is 0 Å². The van der Waals surface area contributed by atoms with Gasteiger partial charge in [-0.25, -0.2) is 4.98 Å². The van der Waals surface area contributed by atoms with Gasteiger partial charge in [0.2, 0.25) is 0 Å². The summed E-state index contributed by atoms with van der Waals surface area (Å²) in [7, 11) is 0. The average Bonchev–Trinajstić information content (AvgIpc) is 2.81. The number of fused-ring (bicyclic) bond motifs is 1. The summed E-state index contributed by atoms with van der Waals surface area (Å²) in [5.74, 6) is 1.44. The summed E-state index contributed by atoms with van der Waals surface area (Å²) in [5, 5.41) is 3.50. The van der Waals surface area contributed by atoms with Gasteiger partial charge in [-0.05, 0) is 36.6 Å². The molecule has 0 radical (unpaired) electrons. The van der Waals surface area contributed by atoms with Crippen LogP contribution in [-0.2, 0) is 0 Å². The van der Waals surface area contributed by atoms with E-state index in [9.17, 15) is 0 Å². The van der Waals surface area contributed by atoms with Crippen molar-refractivity contribution in [1.29, 1.82) is 0 Å². The SMILES string of the molecule is Cc1cccn2c(Nc3ccccc3)c(C(C)C)nc12. The molecule has 0 saturated heterocycles. The fraction of sp³-hybridized carbons (Fsp3) is 0.235. The van der Waals surface area contributed by atoms with Gasteiger partial charge in [0.1, 0.15) is 11.5 Å². The van der Waals surface area contributed by atoms with Crippen LogP contribution < -0.4 is 5.32 Å². The average molecular weight is 265 g/mol. The Morgan fingerprint density at radius 1 is 1.05 bits per heavy atom. The Balaban J connectivity index is 2.17. The number of rotatable bonds is 3. The smallest absolute Gasteiger partial charge is 0.141 e. The van der Waals surface area contributed by atoms with E-state index in [1.165, 1.54) is 5.56 Å². The first-order valence-electron chi connectivity index (χ1n) is 6.96. The summed E-state index contributed by atoms with van der Waals surface area (Å²) in [5.41, 5.74) is 4.39. The molecular formula is C17H19N3. The number of benzene rings is 1. The van der Waals surface area contributed by atoms with Crippen molar-refractivity contribution in [1.82, 2.24) is 9.38 Å². The minimum absolute atomic E-state index is 0.375. The highest BCUT2D eigenvalue weighted by molar-refractivity contribution is 5.66. The van der Waals surface area contributed by atoms with Crippen molar-refractivity contribution in [2.45, 2.75) is 26.7 Å². The monoisotopic (exact) mass is 265 g/mol. The van der Waals surface area contributed by atoms with E-state index in [2.05, 4.69) is 61.0 Å². The molecule has 3 aromatic rings. The first kappa shape index (κ1) is 12.7. The molecule has 1 N–H and O–H groups in total. The zero-order valence-electron chi connectivity index (χ0n) is 12.1. The van der Waals surface area contributed by atoms with Crippen LogP contribution in [0.1, 0.15) is 31.0 Å². The van der Waals surface area contributed by atoms with E-state index in [4.69, 9.17) is 4.98 Å². The number of hydrogen-bond acceptors (Lipinski definition) is 2. The number of para-hydroxylation sites is 1. The molecule has 0 saturated carbocycles. The van der Waals surface area contributed by atoms with E-state index >= 15 is 0 Å². The van der Waals surface area contributed by atoms with Crippen LogP contribution in [0.15, 0.2) is 48.7 Å². The second kappa shape index (κ2) is 5.00. The number of pyridine rings is 1. The Hall–Kier alpha value is -2.29. The standard InChI is InChI=1S/C17H19N3/c1-12(2)15-17(18-14-9-5-4-6-10-14)20-11-7-8-13(3)16(20)19-15/h4-12,18H,1-3H3. The maximum absolute atomic E-state index is 4.81. The summed E-state index contributed by atoms with van der Waals surface area (Å²) < 4.78 is 2.14. The van der Waals surface area contributed by atoms with Gasteiger partial charge < -0.3 is 5.32 Å². The molecule has 0 aliphatic heterocycles. The van der Waals surface area contributed by atoms with Crippen molar-refractivity contribution in [3.05, 3.63) is 59.9 Å². The Bertz CT molecular complexity index is 727. The first-order chi connectivity index (χ1) is 9.66. The molecule has 0 atom stereocenters. The Morgan fingerprint density at radius 3 is 2.50 bits per heavy atom. The molecule has 0 aliphatic carbocycles. The summed E-state index contributed by atoms with van der Waals surface area (Å²) in [6, 6.07) is 14.4. The Kier molecular flexibility index (Phi) is 3.18. The lowest BCUT2D eigenvalue weighted by Gasteiger charge is -2.10. The fourth-order valence-corrected chi connectivity index (χ4v) is 2.41. The van der Waals surface area contributed by atoms with Gasteiger partial charge in [-0.2, -0.15) is 0 Å². The third-order valence-corrected chi connectivity index (χ3v) is 3.46. The Labute approximate surface area is 119 Å². The van der Waals surface area contributed by atoms with Crippen LogP contribution in [0, 0.1) is 6.92 Å². The van der Waals surface area contributed by atoms with E-state index in [-0.39, 0.29) is 0 Å². The largest absolute Gasteiger partial charge is 0.340 e. The molecule has 3 heteroatoms. The lowest BCUT2D eigenvalue weighted by atomic mass is 10.1. The third-order valence-electron chi connectivity index (χ3n) is 3.46. The van der Waals surface area contributed by atoms with Crippen LogP contribution >= 0.6 is 0 Å². The van der Waals surface area contributed by atoms with Crippen LogP contribution in [0.3, 0.4) is 0 Å². The fourth-order valence-electron chi connectivity index (χ4n) is 2.41. The lowest BCUT2D eigenvalue weighted by Crippen LogP contribution is -1.99. The van der Waals surface area contributed by atoms with E-state index < -0.39 is 0 Å². The number of anilines is 2. The molecule has 2 heterocycles. The molecule has 0 aliphatic rings. The maximum Gasteiger partial charge on any atom is 0.141 e. The van der Waals surface area contributed by atoms with E-state index in [0.717, 1.165) is 22.8 Å². The molecule has 20 heavy (non-hydrogen) atoms. The normalized spacial score (nSPS) is 11.2. The second-order valence-corrected chi connectivity index (χ2v) is 5.38. The van der Waals surface area contributed by atoms with Gasteiger partial charge >= 0.3 is 0 Å². The molecular weight excluding hydrogens is 246 g/mol. The van der Waals surface area contributed by atoms with Gasteiger partial charge in [-0.1, -0.05) is 38.1 Å². The highest BCUT2D eigenvalue weighted by Crippen LogP contribution is 2.29. The maximum atomic E-state index is 4.81. The molecule has 0 bridgehead atoms. The molecule has 0 unspecified atom stereocenters. The number of aryl methyl sites for hydroxylation is 1. The molecule has 0 spiro atoms. The zero-order chi connectivity index (χ0) is 14.1. The number of nitrogens with zero attached hydrogens (tertiary/aromatic N) is 2. The minimum Gasteiger partial charge on any atom is -0.340 e. The van der Waals surface area contributed by atoms with Gasteiger partial charge in [0.05, 0.1) is 5.69 Å². The van der Waals surface area contributed by atoms with Crippen LogP contribution in [0.2, 0.25) is 0 Å². The van der Waals surface area contributed by atoms with Gasteiger partial charge in [0.25, 0.3) is 0 Å². The van der Waals surface area contributed by atoms with E-state index in [1.54, 1.807) is 0 Å². The second-order valence-electron chi connectivity index (χ2n) is 5.38. The number of nitrogens with one attached hydrogen (secondary N) is 1. The molecule has 3 nitrogen and oxygen atoms in total. The number of imidazole rings is 1. The number of hydrogen-bond donors (Lipinski definition) is 1. The predicted octanol–water partition coefficient (Wildman–Crippen LogP) is 4.51. The molecule has 1 aromatic carbocycles. The summed E-state index contributed by atoms with van der Waals surface area (Å²) >= 11 is 0. The van der Waals surface area contributed by atoms with Crippen LogP contribution in [0.5, 0.6) is 0 Å². The van der Waals surface area contributed by atoms with Gasteiger partial charge in [0, 0.05) is 11.9 Å². The predicted molar refractivity (Wildman–Crippen MR) is 83.7 cm³/mol. The molecule has 0 fully saturated rings. The molecule has 0 amide bonds. The van der Waals surface area contributed by atoms with E-state index in [0.29, 0.717) is 5.92 Å². The zero-order valence-corrected chi connectivity index (χ0v) is 12.1. The minimum atomic E-state index is 0.375.